The lowest BCUT2D eigenvalue weighted by molar-refractivity contribution is 1.26. The molecule has 0 aliphatic heterocycles. The molecule has 0 atom stereocenters. The number of para-hydroxylation sites is 2. The Hall–Kier alpha value is -1.94. The van der Waals surface area contributed by atoms with Gasteiger partial charge >= 0.3 is 0 Å². The van der Waals surface area contributed by atoms with Gasteiger partial charge < -0.3 is 9.97 Å². The summed E-state index contributed by atoms with van der Waals surface area (Å²) in [5.41, 5.74) is 3.02. The zero-order valence-corrected chi connectivity index (χ0v) is 9.21. The van der Waals surface area contributed by atoms with E-state index < -0.39 is 0 Å². The van der Waals surface area contributed by atoms with Gasteiger partial charge in [-0.15, -0.1) is 0 Å². The molecule has 0 aliphatic carbocycles. The molecule has 16 heavy (non-hydrogen) atoms. The third-order valence-electron chi connectivity index (χ3n) is 2.45. The number of nitrogens with zero attached hydrogens (tertiary/aromatic N) is 1. The standard InChI is InChI=1S/C12H9N3S/c16-11-6-5-8(7-13-11)12-14-9-3-1-2-4-10(9)15-12/h1-7H,(H,13,16)(H,14,15). The molecular weight excluding hydrogens is 218 g/mol. The van der Waals surface area contributed by atoms with E-state index in [-0.39, 0.29) is 0 Å². The lowest BCUT2D eigenvalue weighted by atomic mass is 10.3. The molecule has 3 rings (SSSR count). The smallest absolute Gasteiger partial charge is 0.139 e. The molecule has 0 unspecified atom stereocenters. The van der Waals surface area contributed by atoms with Crippen molar-refractivity contribution in [1.29, 1.82) is 0 Å². The molecule has 0 spiro atoms. The SMILES string of the molecule is S=c1ccc(-c2nc3ccccc3[nH]2)c[nH]1. The van der Waals surface area contributed by atoms with Crippen LogP contribution in [0.15, 0.2) is 42.6 Å². The molecule has 3 nitrogen and oxygen atoms in total. The second-order valence-electron chi connectivity index (χ2n) is 3.54. The van der Waals surface area contributed by atoms with Crippen LogP contribution in [0.25, 0.3) is 22.4 Å². The van der Waals surface area contributed by atoms with Crippen molar-refractivity contribution >= 4 is 23.3 Å². The Morgan fingerprint density at radius 1 is 1.06 bits per heavy atom. The molecule has 1 aromatic carbocycles. The van der Waals surface area contributed by atoms with Crippen LogP contribution in [-0.4, -0.2) is 15.0 Å². The van der Waals surface area contributed by atoms with Crippen molar-refractivity contribution in [3.05, 3.63) is 47.2 Å². The van der Waals surface area contributed by atoms with Crippen LogP contribution in [0.4, 0.5) is 0 Å². The molecule has 0 aliphatic rings. The number of H-pyrrole nitrogens is 2. The zero-order valence-electron chi connectivity index (χ0n) is 8.40. The maximum atomic E-state index is 5.00. The average molecular weight is 227 g/mol. The molecular formula is C12H9N3S. The Labute approximate surface area is 97.2 Å². The Morgan fingerprint density at radius 2 is 1.94 bits per heavy atom. The lowest BCUT2D eigenvalue weighted by Crippen LogP contribution is -1.81. The number of rotatable bonds is 1. The molecule has 2 N–H and O–H groups in total. The number of aromatic amines is 2. The summed E-state index contributed by atoms with van der Waals surface area (Å²) >= 11 is 5.00. The summed E-state index contributed by atoms with van der Waals surface area (Å²) in [6.07, 6.45) is 1.86. The minimum Gasteiger partial charge on any atom is -0.352 e. The van der Waals surface area contributed by atoms with Crippen LogP contribution >= 0.6 is 12.2 Å². The minimum atomic E-state index is 0.722. The Bertz CT molecular complexity index is 643. The van der Waals surface area contributed by atoms with Gasteiger partial charge in [0.15, 0.2) is 0 Å². The highest BCUT2D eigenvalue weighted by Crippen LogP contribution is 2.18. The summed E-state index contributed by atoms with van der Waals surface area (Å²) in [6.45, 7) is 0. The van der Waals surface area contributed by atoms with E-state index in [1.54, 1.807) is 0 Å². The predicted octanol–water partition coefficient (Wildman–Crippen LogP) is 3.29. The van der Waals surface area contributed by atoms with Gasteiger partial charge in [-0.05, 0) is 24.3 Å². The Kier molecular flexibility index (Phi) is 2.08. The van der Waals surface area contributed by atoms with E-state index in [0.717, 1.165) is 27.1 Å². The van der Waals surface area contributed by atoms with Crippen LogP contribution in [0, 0.1) is 4.64 Å². The third kappa shape index (κ3) is 1.53. The monoisotopic (exact) mass is 227 g/mol. The summed E-state index contributed by atoms with van der Waals surface area (Å²) in [7, 11) is 0. The van der Waals surface area contributed by atoms with Gasteiger partial charge in [0, 0.05) is 11.8 Å². The van der Waals surface area contributed by atoms with Gasteiger partial charge in [-0.25, -0.2) is 4.98 Å². The number of imidazole rings is 1. The van der Waals surface area contributed by atoms with E-state index in [4.69, 9.17) is 12.2 Å². The highest BCUT2D eigenvalue weighted by atomic mass is 32.1. The molecule has 0 bridgehead atoms. The van der Waals surface area contributed by atoms with Crippen LogP contribution in [-0.2, 0) is 0 Å². The predicted molar refractivity (Wildman–Crippen MR) is 66.7 cm³/mol. The Balaban J connectivity index is 2.19. The molecule has 0 amide bonds. The summed E-state index contributed by atoms with van der Waals surface area (Å²) in [4.78, 5) is 10.8. The minimum absolute atomic E-state index is 0.722. The average Bonchev–Trinajstić information content (AvgIpc) is 2.73. The van der Waals surface area contributed by atoms with Crippen molar-refractivity contribution in [3.63, 3.8) is 0 Å². The first-order chi connectivity index (χ1) is 7.83. The number of pyridine rings is 1. The number of hydrogen-bond donors (Lipinski definition) is 2. The van der Waals surface area contributed by atoms with Gasteiger partial charge in [0.05, 0.1) is 11.0 Å². The molecule has 2 heterocycles. The fourth-order valence-corrected chi connectivity index (χ4v) is 1.77. The van der Waals surface area contributed by atoms with E-state index in [1.807, 2.05) is 42.6 Å². The first-order valence-corrected chi connectivity index (χ1v) is 5.37. The van der Waals surface area contributed by atoms with Gasteiger partial charge in [0.25, 0.3) is 0 Å². The summed E-state index contributed by atoms with van der Waals surface area (Å²) in [5.74, 6) is 0.854. The molecule has 0 saturated heterocycles. The quantitative estimate of drug-likeness (QED) is 0.626. The third-order valence-corrected chi connectivity index (χ3v) is 2.70. The summed E-state index contributed by atoms with van der Waals surface area (Å²) < 4.78 is 0.722. The summed E-state index contributed by atoms with van der Waals surface area (Å²) in [6, 6.07) is 11.8. The maximum Gasteiger partial charge on any atom is 0.139 e. The highest BCUT2D eigenvalue weighted by Gasteiger charge is 2.03. The second kappa shape index (κ2) is 3.57. The number of hydrogen-bond acceptors (Lipinski definition) is 2. The van der Waals surface area contributed by atoms with Gasteiger partial charge in [-0.3, -0.25) is 0 Å². The van der Waals surface area contributed by atoms with Crippen molar-refractivity contribution in [2.75, 3.05) is 0 Å². The fourth-order valence-electron chi connectivity index (χ4n) is 1.65. The van der Waals surface area contributed by atoms with E-state index in [0.29, 0.717) is 0 Å². The topological polar surface area (TPSA) is 44.5 Å². The molecule has 0 saturated carbocycles. The van der Waals surface area contributed by atoms with E-state index in [1.165, 1.54) is 0 Å². The van der Waals surface area contributed by atoms with Crippen LogP contribution in [0.2, 0.25) is 0 Å². The highest BCUT2D eigenvalue weighted by molar-refractivity contribution is 7.71. The Morgan fingerprint density at radius 3 is 2.69 bits per heavy atom. The molecule has 4 heteroatoms. The van der Waals surface area contributed by atoms with Crippen LogP contribution in [0.3, 0.4) is 0 Å². The molecule has 2 aromatic heterocycles. The number of nitrogens with one attached hydrogen (secondary N) is 2. The van der Waals surface area contributed by atoms with Crippen molar-refractivity contribution in [2.45, 2.75) is 0 Å². The first kappa shape index (κ1) is 9.30. The van der Waals surface area contributed by atoms with Crippen molar-refractivity contribution in [2.24, 2.45) is 0 Å². The lowest BCUT2D eigenvalue weighted by Gasteiger charge is -1.94. The fraction of sp³-hybridized carbons (Fsp3) is 0. The molecule has 0 radical (unpaired) electrons. The first-order valence-electron chi connectivity index (χ1n) is 4.97. The van der Waals surface area contributed by atoms with Gasteiger partial charge in [0.1, 0.15) is 10.5 Å². The molecule has 0 fully saturated rings. The van der Waals surface area contributed by atoms with Gasteiger partial charge in [0.2, 0.25) is 0 Å². The molecule has 3 aromatic rings. The maximum absolute atomic E-state index is 5.00. The van der Waals surface area contributed by atoms with Crippen molar-refractivity contribution in [1.82, 2.24) is 15.0 Å². The van der Waals surface area contributed by atoms with Gasteiger partial charge in [-0.1, -0.05) is 24.4 Å². The van der Waals surface area contributed by atoms with E-state index in [2.05, 4.69) is 15.0 Å². The normalized spacial score (nSPS) is 10.8. The number of benzene rings is 1. The van der Waals surface area contributed by atoms with Crippen LogP contribution in [0.1, 0.15) is 0 Å². The van der Waals surface area contributed by atoms with Crippen molar-refractivity contribution < 1.29 is 0 Å². The second-order valence-corrected chi connectivity index (χ2v) is 3.98. The van der Waals surface area contributed by atoms with Crippen LogP contribution < -0.4 is 0 Å². The van der Waals surface area contributed by atoms with E-state index in [9.17, 15) is 0 Å². The van der Waals surface area contributed by atoms with Crippen LogP contribution in [0.5, 0.6) is 0 Å². The van der Waals surface area contributed by atoms with Crippen molar-refractivity contribution in [3.8, 4) is 11.4 Å². The van der Waals surface area contributed by atoms with Gasteiger partial charge in [-0.2, -0.15) is 0 Å². The summed E-state index contributed by atoms with van der Waals surface area (Å²) in [5, 5.41) is 0. The van der Waals surface area contributed by atoms with E-state index >= 15 is 0 Å². The largest absolute Gasteiger partial charge is 0.352 e. The number of fused-ring (bicyclic) bond motifs is 1. The number of aromatic nitrogens is 3. The zero-order chi connectivity index (χ0) is 11.0. The molecule has 78 valence electrons.